The first-order chi connectivity index (χ1) is 17.1. The molecule has 0 saturated carbocycles. The normalized spacial score (nSPS) is 23.5. The minimum atomic E-state index is -2.83. The van der Waals surface area contributed by atoms with E-state index in [4.69, 9.17) is 0 Å². The highest BCUT2D eigenvalue weighted by Gasteiger charge is 2.32. The first kappa shape index (κ1) is 27.3. The van der Waals surface area contributed by atoms with Crippen LogP contribution in [0.15, 0.2) is 36.4 Å². The number of nitrogens with one attached hydrogen (secondary N) is 3. The maximum Gasteiger partial charge on any atom is 0.238 e. The van der Waals surface area contributed by atoms with Crippen LogP contribution in [0.1, 0.15) is 35.2 Å². The van der Waals surface area contributed by atoms with Gasteiger partial charge in [0.05, 0.1) is 35.7 Å². The number of carbonyl (C=O) groups excluding carboxylic acids is 1. The average molecular weight is 542 g/mol. The molecule has 6 N–H and O–H groups in total. The zero-order valence-corrected chi connectivity index (χ0v) is 21.7. The van der Waals surface area contributed by atoms with Crippen LogP contribution in [0, 0.1) is 11.6 Å². The molecule has 2 aliphatic heterocycles. The Bertz CT molecular complexity index is 1070. The summed E-state index contributed by atoms with van der Waals surface area (Å²) in [7, 11) is -2.83. The second kappa shape index (κ2) is 11.8. The number of aliphatic hydroxyl groups excluding tert-OH is 1. The molecule has 7 nitrogen and oxygen atoms in total. The van der Waals surface area contributed by atoms with Crippen molar-refractivity contribution in [2.75, 3.05) is 23.9 Å². The standard InChI is InChI=1S/C25H33F2N3O4S2/c1-2-15-3-4-17-12-36(33,34)13-23(20(17)7-15)28-10-24(31)21(30-25(32)22-11-35-14-29-22)8-16-5-18(26)9-19(27)6-16/h3-7,9,21-24,28-29,31,33-34H,2,8,10-14H2,1H3,(H,30,32)/t21-,22?,23-,24+/m0/s1. The molecular formula is C25H33F2N3O4S2. The van der Waals surface area contributed by atoms with Crippen molar-refractivity contribution in [1.82, 2.24) is 16.0 Å². The molecule has 4 atom stereocenters. The summed E-state index contributed by atoms with van der Waals surface area (Å²) in [5.74, 6) is -0.184. The van der Waals surface area contributed by atoms with Gasteiger partial charge in [-0.2, -0.15) is 10.6 Å². The lowest BCUT2D eigenvalue weighted by molar-refractivity contribution is -0.124. The fraction of sp³-hybridized carbons (Fsp3) is 0.480. The van der Waals surface area contributed by atoms with Crippen molar-refractivity contribution in [1.29, 1.82) is 0 Å². The van der Waals surface area contributed by atoms with E-state index >= 15 is 0 Å². The zero-order chi connectivity index (χ0) is 25.9. The fourth-order valence-electron chi connectivity index (χ4n) is 4.67. The fourth-order valence-corrected chi connectivity index (χ4v) is 7.32. The Kier molecular flexibility index (Phi) is 8.92. The predicted molar refractivity (Wildman–Crippen MR) is 140 cm³/mol. The summed E-state index contributed by atoms with van der Waals surface area (Å²) in [6.07, 6.45) is -0.236. The summed E-state index contributed by atoms with van der Waals surface area (Å²) in [6.45, 7) is 2.08. The number of aryl methyl sites for hydroxylation is 1. The highest BCUT2D eigenvalue weighted by Crippen LogP contribution is 2.50. The third-order valence-corrected chi connectivity index (χ3v) is 9.17. The van der Waals surface area contributed by atoms with Crippen molar-refractivity contribution >= 4 is 28.3 Å². The third kappa shape index (κ3) is 6.97. The maximum atomic E-state index is 13.8. The minimum absolute atomic E-state index is 0.0273. The van der Waals surface area contributed by atoms with E-state index in [1.807, 2.05) is 25.1 Å². The van der Waals surface area contributed by atoms with Gasteiger partial charge in [0, 0.05) is 24.2 Å². The van der Waals surface area contributed by atoms with Gasteiger partial charge in [0.1, 0.15) is 11.6 Å². The monoisotopic (exact) mass is 541 g/mol. The Labute approximate surface area is 215 Å². The second-order valence-electron chi connectivity index (χ2n) is 9.40. The smallest absolute Gasteiger partial charge is 0.238 e. The largest absolute Gasteiger partial charge is 0.390 e. The van der Waals surface area contributed by atoms with Gasteiger partial charge in [0.15, 0.2) is 0 Å². The first-order valence-electron chi connectivity index (χ1n) is 12.0. The van der Waals surface area contributed by atoms with Crippen molar-refractivity contribution in [3.8, 4) is 0 Å². The molecule has 1 unspecified atom stereocenters. The molecule has 4 rings (SSSR count). The van der Waals surface area contributed by atoms with Gasteiger partial charge < -0.3 is 15.7 Å². The van der Waals surface area contributed by atoms with E-state index in [1.165, 1.54) is 12.1 Å². The number of hydrogen-bond donors (Lipinski definition) is 6. The summed E-state index contributed by atoms with van der Waals surface area (Å²) < 4.78 is 48.5. The number of carbonyl (C=O) groups is 1. The Morgan fingerprint density at radius 3 is 2.61 bits per heavy atom. The Hall–Kier alpha value is -1.73. The SMILES string of the molecule is CCc1ccc2c(c1)[C@@H](NC[C@@H](O)[C@H](Cc1cc(F)cc(F)c1)NC(=O)C1CSCN1)CS(O)(O)C2. The van der Waals surface area contributed by atoms with E-state index in [-0.39, 0.29) is 30.4 Å². The number of amides is 1. The zero-order valence-electron chi connectivity index (χ0n) is 20.0. The van der Waals surface area contributed by atoms with Crippen LogP contribution in [0.3, 0.4) is 0 Å². The van der Waals surface area contributed by atoms with Crippen LogP contribution >= 0.6 is 22.4 Å². The molecule has 0 aromatic heterocycles. The molecule has 1 fully saturated rings. The van der Waals surface area contributed by atoms with E-state index in [0.29, 0.717) is 17.2 Å². The molecular weight excluding hydrogens is 508 g/mol. The van der Waals surface area contributed by atoms with Gasteiger partial charge in [-0.3, -0.25) is 19.2 Å². The molecule has 2 heterocycles. The lowest BCUT2D eigenvalue weighted by Crippen LogP contribution is -2.53. The molecule has 0 bridgehead atoms. The van der Waals surface area contributed by atoms with Crippen molar-refractivity contribution in [2.24, 2.45) is 0 Å². The molecule has 1 saturated heterocycles. The van der Waals surface area contributed by atoms with Crippen LogP contribution in [-0.4, -0.2) is 62.2 Å². The van der Waals surface area contributed by atoms with Gasteiger partial charge in [0.2, 0.25) is 5.91 Å². The van der Waals surface area contributed by atoms with E-state index in [1.54, 1.807) is 11.8 Å². The molecule has 0 radical (unpaired) electrons. The second-order valence-corrected chi connectivity index (χ2v) is 12.7. The van der Waals surface area contributed by atoms with E-state index in [2.05, 4.69) is 16.0 Å². The Morgan fingerprint density at radius 2 is 1.94 bits per heavy atom. The van der Waals surface area contributed by atoms with Gasteiger partial charge in [-0.15, -0.1) is 11.8 Å². The molecule has 198 valence electrons. The van der Waals surface area contributed by atoms with Crippen molar-refractivity contribution in [2.45, 2.75) is 49.7 Å². The van der Waals surface area contributed by atoms with E-state index in [0.717, 1.165) is 29.2 Å². The number of fused-ring (bicyclic) bond motifs is 1. The summed E-state index contributed by atoms with van der Waals surface area (Å²) >= 11 is 1.59. The Balaban J connectivity index is 1.50. The number of aliphatic hydroxyl groups is 1. The first-order valence-corrected chi connectivity index (χ1v) is 15.0. The van der Waals surface area contributed by atoms with Gasteiger partial charge in [-0.05, 0) is 47.2 Å². The maximum absolute atomic E-state index is 13.8. The molecule has 0 aliphatic carbocycles. The van der Waals surface area contributed by atoms with Gasteiger partial charge in [-0.1, -0.05) is 25.1 Å². The van der Waals surface area contributed by atoms with Gasteiger partial charge in [0.25, 0.3) is 0 Å². The lowest BCUT2D eigenvalue weighted by atomic mass is 9.97. The van der Waals surface area contributed by atoms with Crippen molar-refractivity contribution in [3.63, 3.8) is 0 Å². The molecule has 0 spiro atoms. The van der Waals surface area contributed by atoms with Crippen LogP contribution in [-0.2, 0) is 23.4 Å². The topological polar surface area (TPSA) is 114 Å². The number of thioether (sulfide) groups is 1. The highest BCUT2D eigenvalue weighted by atomic mass is 32.3. The third-order valence-electron chi connectivity index (χ3n) is 6.59. The number of hydrogen-bond acceptors (Lipinski definition) is 7. The quantitative estimate of drug-likeness (QED) is 0.289. The average Bonchev–Trinajstić information content (AvgIpc) is 3.35. The summed E-state index contributed by atoms with van der Waals surface area (Å²) in [5, 5.41) is 20.3. The molecule has 2 aromatic carbocycles. The number of benzene rings is 2. The number of rotatable bonds is 9. The van der Waals surface area contributed by atoms with Crippen LogP contribution in [0.4, 0.5) is 8.78 Å². The Morgan fingerprint density at radius 1 is 1.19 bits per heavy atom. The van der Waals surface area contributed by atoms with Crippen LogP contribution in [0.2, 0.25) is 0 Å². The summed E-state index contributed by atoms with van der Waals surface area (Å²) in [6, 6.07) is 7.47. The molecule has 2 aromatic rings. The van der Waals surface area contributed by atoms with Crippen LogP contribution in [0.5, 0.6) is 0 Å². The predicted octanol–water partition coefficient (Wildman–Crippen LogP) is 3.17. The van der Waals surface area contributed by atoms with Gasteiger partial charge in [-0.25, -0.2) is 8.78 Å². The molecule has 1 amide bonds. The minimum Gasteiger partial charge on any atom is -0.390 e. The molecule has 2 aliphatic rings. The van der Waals surface area contributed by atoms with Gasteiger partial charge >= 0.3 is 0 Å². The van der Waals surface area contributed by atoms with Crippen molar-refractivity contribution in [3.05, 3.63) is 70.3 Å². The van der Waals surface area contributed by atoms with E-state index in [9.17, 15) is 27.8 Å². The number of halogens is 2. The molecule has 36 heavy (non-hydrogen) atoms. The van der Waals surface area contributed by atoms with Crippen molar-refractivity contribution < 1.29 is 27.8 Å². The summed E-state index contributed by atoms with van der Waals surface area (Å²) in [5.41, 5.74) is 3.26. The van der Waals surface area contributed by atoms with Crippen LogP contribution < -0.4 is 16.0 Å². The van der Waals surface area contributed by atoms with Crippen LogP contribution in [0.25, 0.3) is 0 Å². The highest BCUT2D eigenvalue weighted by molar-refractivity contribution is 8.23. The molecule has 11 heteroatoms. The summed E-state index contributed by atoms with van der Waals surface area (Å²) in [4.78, 5) is 12.8. The van der Waals surface area contributed by atoms with E-state index < -0.39 is 46.5 Å². The lowest BCUT2D eigenvalue weighted by Gasteiger charge is -2.42.